The second kappa shape index (κ2) is 9.73. The molecular weight excluding hydrogens is 348 g/mol. The Morgan fingerprint density at radius 2 is 1.08 bits per heavy atom. The van der Waals surface area contributed by atoms with Crippen LogP contribution in [0.5, 0.6) is 17.2 Å². The second-order valence-corrected chi connectivity index (χ2v) is 6.19. The number of rotatable bonds is 9. The molecule has 4 heteroatoms. The first-order chi connectivity index (χ1) is 12.8. The van der Waals surface area contributed by atoms with Crippen LogP contribution in [0.1, 0.15) is 12.0 Å². The highest BCUT2D eigenvalue weighted by Crippen LogP contribution is 2.19. The van der Waals surface area contributed by atoms with Crippen molar-refractivity contribution in [1.29, 1.82) is 0 Å². The van der Waals surface area contributed by atoms with Gasteiger partial charge in [-0.1, -0.05) is 41.9 Å². The highest BCUT2D eigenvalue weighted by atomic mass is 35.5. The summed E-state index contributed by atoms with van der Waals surface area (Å²) >= 11 is 5.84. The smallest absolute Gasteiger partial charge is 0.120 e. The highest BCUT2D eigenvalue weighted by Gasteiger charge is 1.99. The molecule has 0 amide bonds. The summed E-state index contributed by atoms with van der Waals surface area (Å²) in [5, 5.41) is 0.705. The molecule has 0 aliphatic rings. The highest BCUT2D eigenvalue weighted by molar-refractivity contribution is 6.30. The molecule has 0 bridgehead atoms. The standard InChI is InChI=1S/C22H21ClO3/c23-19-7-9-20(10-8-19)24-15-4-16-25-21-11-13-22(14-12-21)26-17-18-5-2-1-3-6-18/h1-3,5-14H,4,15-17H2. The lowest BCUT2D eigenvalue weighted by molar-refractivity contribution is 0.247. The number of hydrogen-bond donors (Lipinski definition) is 0. The fraction of sp³-hybridized carbons (Fsp3) is 0.182. The zero-order valence-corrected chi connectivity index (χ0v) is 15.2. The first kappa shape index (κ1) is 18.2. The van der Waals surface area contributed by atoms with Crippen molar-refractivity contribution < 1.29 is 14.2 Å². The third-order valence-corrected chi connectivity index (χ3v) is 3.96. The van der Waals surface area contributed by atoms with Gasteiger partial charge in [-0.05, 0) is 54.1 Å². The van der Waals surface area contributed by atoms with E-state index in [2.05, 4.69) is 0 Å². The van der Waals surface area contributed by atoms with E-state index in [0.717, 1.165) is 29.2 Å². The molecule has 0 fully saturated rings. The van der Waals surface area contributed by atoms with Crippen molar-refractivity contribution >= 4 is 11.6 Å². The van der Waals surface area contributed by atoms with Gasteiger partial charge in [-0.15, -0.1) is 0 Å². The van der Waals surface area contributed by atoms with Crippen LogP contribution >= 0.6 is 11.6 Å². The maximum absolute atomic E-state index is 5.84. The van der Waals surface area contributed by atoms with E-state index in [1.54, 1.807) is 0 Å². The van der Waals surface area contributed by atoms with Crippen molar-refractivity contribution in [2.24, 2.45) is 0 Å². The number of ether oxygens (including phenoxy) is 3. The van der Waals surface area contributed by atoms with Gasteiger partial charge in [0.05, 0.1) is 13.2 Å². The lowest BCUT2D eigenvalue weighted by atomic mass is 10.2. The number of hydrogen-bond acceptors (Lipinski definition) is 3. The topological polar surface area (TPSA) is 27.7 Å². The number of benzene rings is 3. The van der Waals surface area contributed by atoms with Gasteiger partial charge < -0.3 is 14.2 Å². The van der Waals surface area contributed by atoms with E-state index in [1.165, 1.54) is 0 Å². The molecule has 0 radical (unpaired) electrons. The van der Waals surface area contributed by atoms with Crippen molar-refractivity contribution in [2.75, 3.05) is 13.2 Å². The molecule has 3 nitrogen and oxygen atoms in total. The molecule has 0 heterocycles. The van der Waals surface area contributed by atoms with Crippen LogP contribution in [-0.4, -0.2) is 13.2 Å². The summed E-state index contributed by atoms with van der Waals surface area (Å²) in [7, 11) is 0. The van der Waals surface area contributed by atoms with Crippen LogP contribution in [0, 0.1) is 0 Å². The fourth-order valence-corrected chi connectivity index (χ4v) is 2.47. The minimum absolute atomic E-state index is 0.559. The van der Waals surface area contributed by atoms with Gasteiger partial charge in [0.2, 0.25) is 0 Å². The van der Waals surface area contributed by atoms with Gasteiger partial charge in [0.1, 0.15) is 23.9 Å². The molecule has 26 heavy (non-hydrogen) atoms. The maximum atomic E-state index is 5.84. The largest absolute Gasteiger partial charge is 0.493 e. The van der Waals surface area contributed by atoms with Crippen molar-refractivity contribution in [3.8, 4) is 17.2 Å². The minimum atomic E-state index is 0.559. The lowest BCUT2D eigenvalue weighted by Gasteiger charge is -2.09. The predicted molar refractivity (Wildman–Crippen MR) is 104 cm³/mol. The Morgan fingerprint density at radius 3 is 1.65 bits per heavy atom. The Hall–Kier alpha value is -2.65. The summed E-state index contributed by atoms with van der Waals surface area (Å²) in [6.45, 7) is 1.75. The van der Waals surface area contributed by atoms with E-state index in [4.69, 9.17) is 25.8 Å². The minimum Gasteiger partial charge on any atom is -0.493 e. The lowest BCUT2D eigenvalue weighted by Crippen LogP contribution is -2.05. The third-order valence-electron chi connectivity index (χ3n) is 3.71. The summed E-state index contributed by atoms with van der Waals surface area (Å²) in [5.41, 5.74) is 1.15. The molecular formula is C22H21ClO3. The molecule has 3 aromatic carbocycles. The second-order valence-electron chi connectivity index (χ2n) is 5.75. The van der Waals surface area contributed by atoms with Gasteiger partial charge in [0.25, 0.3) is 0 Å². The number of halogens is 1. The van der Waals surface area contributed by atoms with Crippen molar-refractivity contribution in [1.82, 2.24) is 0 Å². The van der Waals surface area contributed by atoms with Crippen LogP contribution in [0.3, 0.4) is 0 Å². The van der Waals surface area contributed by atoms with Gasteiger partial charge in [-0.2, -0.15) is 0 Å². The molecule has 0 aliphatic carbocycles. The zero-order valence-electron chi connectivity index (χ0n) is 14.4. The molecule has 0 N–H and O–H groups in total. The molecule has 134 valence electrons. The van der Waals surface area contributed by atoms with E-state index in [-0.39, 0.29) is 0 Å². The van der Waals surface area contributed by atoms with E-state index >= 15 is 0 Å². The summed E-state index contributed by atoms with van der Waals surface area (Å²) in [5.74, 6) is 2.46. The Labute approximate surface area is 159 Å². The van der Waals surface area contributed by atoms with Crippen LogP contribution in [0.15, 0.2) is 78.9 Å². The summed E-state index contributed by atoms with van der Waals surface area (Å²) < 4.78 is 17.1. The Bertz CT molecular complexity index is 771. The molecule has 3 aromatic rings. The van der Waals surface area contributed by atoms with Crippen LogP contribution in [0.4, 0.5) is 0 Å². The Morgan fingerprint density at radius 1 is 0.577 bits per heavy atom. The summed E-state index contributed by atoms with van der Waals surface area (Å²) in [6.07, 6.45) is 0.800. The van der Waals surface area contributed by atoms with Gasteiger partial charge in [0.15, 0.2) is 0 Å². The van der Waals surface area contributed by atoms with Crippen LogP contribution in [-0.2, 0) is 6.61 Å². The monoisotopic (exact) mass is 368 g/mol. The summed E-state index contributed by atoms with van der Waals surface area (Å²) in [6, 6.07) is 25.1. The van der Waals surface area contributed by atoms with Crippen LogP contribution in [0.25, 0.3) is 0 Å². The van der Waals surface area contributed by atoms with Gasteiger partial charge >= 0.3 is 0 Å². The SMILES string of the molecule is Clc1ccc(OCCCOc2ccc(OCc3ccccc3)cc2)cc1. The van der Waals surface area contributed by atoms with E-state index in [0.29, 0.717) is 24.8 Å². The first-order valence-corrected chi connectivity index (χ1v) is 8.95. The van der Waals surface area contributed by atoms with Crippen molar-refractivity contribution in [3.05, 3.63) is 89.4 Å². The zero-order chi connectivity index (χ0) is 18.0. The molecule has 0 saturated carbocycles. The van der Waals surface area contributed by atoms with Crippen LogP contribution in [0.2, 0.25) is 5.02 Å². The average Bonchev–Trinajstić information content (AvgIpc) is 2.69. The molecule has 0 atom stereocenters. The Kier molecular flexibility index (Phi) is 6.80. The normalized spacial score (nSPS) is 10.3. The predicted octanol–water partition coefficient (Wildman–Crippen LogP) is 5.77. The molecule has 0 aliphatic heterocycles. The van der Waals surface area contributed by atoms with E-state index in [9.17, 15) is 0 Å². The van der Waals surface area contributed by atoms with E-state index < -0.39 is 0 Å². The fourth-order valence-electron chi connectivity index (χ4n) is 2.34. The van der Waals surface area contributed by atoms with Crippen LogP contribution < -0.4 is 14.2 Å². The Balaban J connectivity index is 1.34. The molecule has 0 spiro atoms. The quantitative estimate of drug-likeness (QED) is 0.449. The third kappa shape index (κ3) is 6.01. The average molecular weight is 369 g/mol. The summed E-state index contributed by atoms with van der Waals surface area (Å²) in [4.78, 5) is 0. The van der Waals surface area contributed by atoms with Gasteiger partial charge in [0, 0.05) is 11.4 Å². The van der Waals surface area contributed by atoms with Gasteiger partial charge in [-0.25, -0.2) is 0 Å². The maximum Gasteiger partial charge on any atom is 0.120 e. The first-order valence-electron chi connectivity index (χ1n) is 8.57. The molecule has 0 unspecified atom stereocenters. The van der Waals surface area contributed by atoms with Gasteiger partial charge in [-0.3, -0.25) is 0 Å². The molecule has 0 aromatic heterocycles. The molecule has 3 rings (SSSR count). The van der Waals surface area contributed by atoms with E-state index in [1.807, 2.05) is 78.9 Å². The van der Waals surface area contributed by atoms with Crippen molar-refractivity contribution in [2.45, 2.75) is 13.0 Å². The molecule has 0 saturated heterocycles. The van der Waals surface area contributed by atoms with Crippen molar-refractivity contribution in [3.63, 3.8) is 0 Å².